The lowest BCUT2D eigenvalue weighted by Gasteiger charge is -2.42. The maximum absolute atomic E-state index is 13.9. The molecule has 0 amide bonds. The van der Waals surface area contributed by atoms with Gasteiger partial charge in [-0.25, -0.2) is 4.39 Å². The summed E-state index contributed by atoms with van der Waals surface area (Å²) in [4.78, 5) is 2.34. The van der Waals surface area contributed by atoms with Crippen molar-refractivity contribution in [1.29, 1.82) is 0 Å². The van der Waals surface area contributed by atoms with Crippen molar-refractivity contribution in [3.05, 3.63) is 29.6 Å². The van der Waals surface area contributed by atoms with Gasteiger partial charge in [-0.15, -0.1) is 0 Å². The van der Waals surface area contributed by atoms with Gasteiger partial charge in [0.25, 0.3) is 0 Å². The summed E-state index contributed by atoms with van der Waals surface area (Å²) in [6.07, 6.45) is 2.18. The van der Waals surface area contributed by atoms with E-state index in [1.165, 1.54) is 7.11 Å². The maximum atomic E-state index is 13.9. The molecule has 3 atom stereocenters. The molecule has 1 aliphatic heterocycles. The smallest absolute Gasteiger partial charge is 0.165 e. The minimum atomic E-state index is -0.321. The van der Waals surface area contributed by atoms with Crippen LogP contribution in [0.4, 0.5) is 4.39 Å². The molecule has 4 nitrogen and oxygen atoms in total. The second kappa shape index (κ2) is 7.20. The number of piperidine rings is 1. The van der Waals surface area contributed by atoms with E-state index in [2.05, 4.69) is 11.8 Å². The van der Waals surface area contributed by atoms with Gasteiger partial charge in [0, 0.05) is 32.3 Å². The zero-order valence-corrected chi connectivity index (χ0v) is 13.0. The average Bonchev–Trinajstić information content (AvgIpc) is 2.53. The fraction of sp³-hybridized carbons (Fsp3) is 0.625. The minimum absolute atomic E-state index is 0.122. The zero-order valence-electron chi connectivity index (χ0n) is 13.0. The van der Waals surface area contributed by atoms with Crippen LogP contribution in [0, 0.1) is 5.82 Å². The van der Waals surface area contributed by atoms with Crippen LogP contribution in [0.25, 0.3) is 0 Å². The average molecular weight is 296 g/mol. The molecule has 0 bridgehead atoms. The first-order chi connectivity index (χ1) is 10.1. The van der Waals surface area contributed by atoms with Crippen molar-refractivity contribution in [2.24, 2.45) is 5.73 Å². The molecule has 1 aliphatic rings. The van der Waals surface area contributed by atoms with E-state index in [1.807, 2.05) is 6.07 Å². The number of nitrogens with two attached hydrogens (primary N) is 1. The quantitative estimate of drug-likeness (QED) is 0.906. The normalized spacial score (nSPS) is 24.8. The van der Waals surface area contributed by atoms with Crippen LogP contribution in [0.15, 0.2) is 18.2 Å². The molecule has 0 radical (unpaired) electrons. The first kappa shape index (κ1) is 16.2. The van der Waals surface area contributed by atoms with Crippen molar-refractivity contribution in [3.8, 4) is 5.75 Å². The topological polar surface area (TPSA) is 47.7 Å². The van der Waals surface area contributed by atoms with Crippen molar-refractivity contribution in [2.45, 2.75) is 38.0 Å². The lowest BCUT2D eigenvalue weighted by Crippen LogP contribution is -2.49. The molecule has 2 N–H and O–H groups in total. The molecule has 21 heavy (non-hydrogen) atoms. The Bertz CT molecular complexity index is 470. The number of likely N-dealkylation sites (tertiary alicyclic amines) is 1. The monoisotopic (exact) mass is 296 g/mol. The first-order valence-electron chi connectivity index (χ1n) is 7.42. The third-order valence-electron chi connectivity index (χ3n) is 4.47. The second-order valence-corrected chi connectivity index (χ2v) is 5.58. The number of methoxy groups -OCH3 is 2. The van der Waals surface area contributed by atoms with E-state index < -0.39 is 0 Å². The summed E-state index contributed by atoms with van der Waals surface area (Å²) in [5.41, 5.74) is 6.86. The molecule has 2 rings (SSSR count). The van der Waals surface area contributed by atoms with Gasteiger partial charge in [-0.3, -0.25) is 4.90 Å². The molecule has 1 aromatic carbocycles. The predicted molar refractivity (Wildman–Crippen MR) is 80.9 cm³/mol. The minimum Gasteiger partial charge on any atom is -0.494 e. The van der Waals surface area contributed by atoms with Crippen LogP contribution in [0.3, 0.4) is 0 Å². The molecule has 1 aromatic rings. The molecule has 1 saturated heterocycles. The highest BCUT2D eigenvalue weighted by Gasteiger charge is 2.31. The Hall–Kier alpha value is -1.17. The van der Waals surface area contributed by atoms with Gasteiger partial charge in [-0.2, -0.15) is 0 Å². The predicted octanol–water partition coefficient (Wildman–Crippen LogP) is 2.33. The van der Waals surface area contributed by atoms with E-state index in [4.69, 9.17) is 15.2 Å². The summed E-state index contributed by atoms with van der Waals surface area (Å²) in [7, 11) is 3.22. The number of benzene rings is 1. The summed E-state index contributed by atoms with van der Waals surface area (Å²) in [5, 5.41) is 0. The zero-order chi connectivity index (χ0) is 15.4. The van der Waals surface area contributed by atoms with Crippen LogP contribution < -0.4 is 10.5 Å². The number of rotatable bonds is 5. The van der Waals surface area contributed by atoms with Gasteiger partial charge < -0.3 is 15.2 Å². The van der Waals surface area contributed by atoms with E-state index in [1.54, 1.807) is 19.2 Å². The molecule has 3 unspecified atom stereocenters. The van der Waals surface area contributed by atoms with Gasteiger partial charge in [0.2, 0.25) is 0 Å². The lowest BCUT2D eigenvalue weighted by atomic mass is 9.95. The molecular weight excluding hydrogens is 271 g/mol. The molecular formula is C16H25FN2O2. The fourth-order valence-electron chi connectivity index (χ4n) is 3.12. The van der Waals surface area contributed by atoms with E-state index in [0.29, 0.717) is 6.54 Å². The van der Waals surface area contributed by atoms with E-state index in [-0.39, 0.29) is 29.8 Å². The summed E-state index contributed by atoms with van der Waals surface area (Å²) < 4.78 is 24.3. The van der Waals surface area contributed by atoms with E-state index in [9.17, 15) is 4.39 Å². The molecule has 118 valence electrons. The van der Waals surface area contributed by atoms with Gasteiger partial charge in [-0.1, -0.05) is 6.07 Å². The van der Waals surface area contributed by atoms with Crippen LogP contribution in [-0.4, -0.2) is 44.4 Å². The second-order valence-electron chi connectivity index (χ2n) is 5.58. The van der Waals surface area contributed by atoms with Crippen molar-refractivity contribution in [1.82, 2.24) is 4.90 Å². The number of ether oxygens (including phenoxy) is 2. The maximum Gasteiger partial charge on any atom is 0.165 e. The number of nitrogens with zero attached hydrogens (tertiary/aromatic N) is 1. The third-order valence-corrected chi connectivity index (χ3v) is 4.47. The van der Waals surface area contributed by atoms with Gasteiger partial charge in [0.1, 0.15) is 0 Å². The van der Waals surface area contributed by atoms with Crippen LogP contribution in [0.1, 0.15) is 31.4 Å². The molecule has 0 spiro atoms. The molecule has 1 fully saturated rings. The highest BCUT2D eigenvalue weighted by molar-refractivity contribution is 5.31. The third kappa shape index (κ3) is 3.54. The molecule has 0 aliphatic carbocycles. The first-order valence-corrected chi connectivity index (χ1v) is 7.42. The Balaban J connectivity index is 2.14. The Morgan fingerprint density at radius 2 is 2.19 bits per heavy atom. The molecule has 5 heteroatoms. The highest BCUT2D eigenvalue weighted by Crippen LogP contribution is 2.30. The van der Waals surface area contributed by atoms with Crippen molar-refractivity contribution >= 4 is 0 Å². The van der Waals surface area contributed by atoms with E-state index in [0.717, 1.165) is 24.9 Å². The van der Waals surface area contributed by atoms with Crippen LogP contribution in [0.5, 0.6) is 5.75 Å². The van der Waals surface area contributed by atoms with E-state index >= 15 is 0 Å². The molecule has 1 heterocycles. The van der Waals surface area contributed by atoms with Gasteiger partial charge >= 0.3 is 0 Å². The van der Waals surface area contributed by atoms with Crippen molar-refractivity contribution in [2.75, 3.05) is 27.3 Å². The summed E-state index contributed by atoms with van der Waals surface area (Å²) in [5.74, 6) is -0.0441. The van der Waals surface area contributed by atoms with Crippen LogP contribution >= 0.6 is 0 Å². The largest absolute Gasteiger partial charge is 0.494 e. The highest BCUT2D eigenvalue weighted by atomic mass is 19.1. The Morgan fingerprint density at radius 1 is 1.43 bits per heavy atom. The SMILES string of the molecule is COc1ccc(C(C)N2CCC(OC)CC2CN)cc1F. The van der Waals surface area contributed by atoms with Gasteiger partial charge in [0.05, 0.1) is 13.2 Å². The Kier molecular flexibility index (Phi) is 5.56. The lowest BCUT2D eigenvalue weighted by molar-refractivity contribution is -0.00169. The van der Waals surface area contributed by atoms with Crippen molar-refractivity contribution in [3.63, 3.8) is 0 Å². The number of hydrogen-bond acceptors (Lipinski definition) is 4. The Labute approximate surface area is 126 Å². The van der Waals surface area contributed by atoms with Crippen molar-refractivity contribution < 1.29 is 13.9 Å². The Morgan fingerprint density at radius 3 is 2.76 bits per heavy atom. The standard InChI is InChI=1S/C16H25FN2O2/c1-11(12-4-5-16(21-3)15(17)8-12)19-7-6-14(20-2)9-13(19)10-18/h4-5,8,11,13-14H,6-7,9-10,18H2,1-3H3. The van der Waals surface area contributed by atoms with Crippen LogP contribution in [0.2, 0.25) is 0 Å². The summed E-state index contributed by atoms with van der Waals surface area (Å²) >= 11 is 0. The van der Waals surface area contributed by atoms with Gasteiger partial charge in [-0.05, 0) is 37.5 Å². The summed E-state index contributed by atoms with van der Waals surface area (Å²) in [6.45, 7) is 3.59. The number of hydrogen-bond donors (Lipinski definition) is 1. The molecule has 0 aromatic heterocycles. The number of halogens is 1. The molecule has 0 saturated carbocycles. The van der Waals surface area contributed by atoms with Gasteiger partial charge in [0.15, 0.2) is 11.6 Å². The fourth-order valence-corrected chi connectivity index (χ4v) is 3.12. The summed E-state index contributed by atoms with van der Waals surface area (Å²) in [6, 6.07) is 5.54. The van der Waals surface area contributed by atoms with Crippen LogP contribution in [-0.2, 0) is 4.74 Å².